The third-order valence-corrected chi connectivity index (χ3v) is 5.36. The molecule has 0 saturated carbocycles. The lowest BCUT2D eigenvalue weighted by Gasteiger charge is -2.31. The normalized spacial score (nSPS) is 14.1. The van der Waals surface area contributed by atoms with E-state index in [1.807, 2.05) is 39.8 Å². The number of hydrogen-bond donors (Lipinski definition) is 1. The molecule has 5 nitrogen and oxygen atoms in total. The second kappa shape index (κ2) is 8.51. The standard InChI is InChI=1S/C18H30N2O3S/c1-7-9-15(5)19-18(21)17(8-2)20(24(6,22)23)16-11-10-13(3)14(4)12-16/h10-12,15,17H,7-9H2,1-6H3,(H,19,21)/t15-,17-/m1/s1. The van der Waals surface area contributed by atoms with Gasteiger partial charge in [0.2, 0.25) is 15.9 Å². The van der Waals surface area contributed by atoms with Crippen LogP contribution in [0.15, 0.2) is 18.2 Å². The number of anilines is 1. The monoisotopic (exact) mass is 354 g/mol. The Labute approximate surface area is 146 Å². The maximum absolute atomic E-state index is 12.7. The molecule has 0 radical (unpaired) electrons. The van der Waals surface area contributed by atoms with Gasteiger partial charge in [-0.15, -0.1) is 0 Å². The molecule has 0 aliphatic heterocycles. The molecule has 0 aliphatic rings. The Morgan fingerprint density at radius 3 is 2.29 bits per heavy atom. The Bertz CT molecular complexity index is 671. The largest absolute Gasteiger partial charge is 0.352 e. The number of nitrogens with one attached hydrogen (secondary N) is 1. The zero-order valence-corrected chi connectivity index (χ0v) is 16.4. The van der Waals surface area contributed by atoms with Gasteiger partial charge in [0, 0.05) is 6.04 Å². The molecule has 1 aromatic carbocycles. The van der Waals surface area contributed by atoms with Crippen LogP contribution in [0.4, 0.5) is 5.69 Å². The molecule has 0 saturated heterocycles. The highest BCUT2D eigenvalue weighted by molar-refractivity contribution is 7.92. The predicted molar refractivity (Wildman–Crippen MR) is 99.8 cm³/mol. The van der Waals surface area contributed by atoms with Gasteiger partial charge in [0.15, 0.2) is 0 Å². The average molecular weight is 355 g/mol. The van der Waals surface area contributed by atoms with E-state index in [0.717, 1.165) is 30.2 Å². The molecular formula is C18H30N2O3S. The van der Waals surface area contributed by atoms with E-state index in [1.165, 1.54) is 4.31 Å². The van der Waals surface area contributed by atoms with Crippen molar-refractivity contribution in [2.75, 3.05) is 10.6 Å². The number of rotatable bonds is 8. The van der Waals surface area contributed by atoms with Gasteiger partial charge in [-0.05, 0) is 56.9 Å². The van der Waals surface area contributed by atoms with E-state index in [2.05, 4.69) is 12.2 Å². The quantitative estimate of drug-likeness (QED) is 0.780. The van der Waals surface area contributed by atoms with Crippen molar-refractivity contribution in [1.29, 1.82) is 0 Å². The second-order valence-corrected chi connectivity index (χ2v) is 8.31. The fourth-order valence-electron chi connectivity index (χ4n) is 2.77. The SMILES string of the molecule is CCC[C@@H](C)NC(=O)[C@@H](CC)N(c1ccc(C)c(C)c1)S(C)(=O)=O. The summed E-state index contributed by atoms with van der Waals surface area (Å²) in [5.41, 5.74) is 2.61. The molecule has 0 aliphatic carbocycles. The zero-order chi connectivity index (χ0) is 18.5. The van der Waals surface area contributed by atoms with Crippen molar-refractivity contribution in [3.63, 3.8) is 0 Å². The summed E-state index contributed by atoms with van der Waals surface area (Å²) in [7, 11) is -3.58. The lowest BCUT2D eigenvalue weighted by molar-refractivity contribution is -0.122. The minimum absolute atomic E-state index is 0.0257. The van der Waals surface area contributed by atoms with Crippen molar-refractivity contribution in [2.24, 2.45) is 0 Å². The van der Waals surface area contributed by atoms with E-state index in [9.17, 15) is 13.2 Å². The Kier molecular flexibility index (Phi) is 7.27. The molecule has 0 fully saturated rings. The molecule has 1 aromatic rings. The van der Waals surface area contributed by atoms with Gasteiger partial charge in [0.05, 0.1) is 11.9 Å². The zero-order valence-electron chi connectivity index (χ0n) is 15.6. The number of carbonyl (C=O) groups is 1. The van der Waals surface area contributed by atoms with E-state index in [1.54, 1.807) is 6.07 Å². The number of aryl methyl sites for hydroxylation is 2. The molecule has 1 N–H and O–H groups in total. The summed E-state index contributed by atoms with van der Waals surface area (Å²) in [5.74, 6) is -0.248. The highest BCUT2D eigenvalue weighted by atomic mass is 32.2. The van der Waals surface area contributed by atoms with Gasteiger partial charge in [-0.25, -0.2) is 8.42 Å². The first-order chi connectivity index (χ1) is 11.1. The molecule has 0 heterocycles. The summed E-state index contributed by atoms with van der Waals surface area (Å²) in [6.45, 7) is 9.73. The number of carbonyl (C=O) groups excluding carboxylic acids is 1. The van der Waals surface area contributed by atoms with Crippen LogP contribution in [0.25, 0.3) is 0 Å². The maximum atomic E-state index is 12.7. The molecule has 0 spiro atoms. The maximum Gasteiger partial charge on any atom is 0.244 e. The van der Waals surface area contributed by atoms with Crippen LogP contribution >= 0.6 is 0 Å². The Morgan fingerprint density at radius 1 is 1.21 bits per heavy atom. The number of sulfonamides is 1. The molecule has 0 unspecified atom stereocenters. The minimum Gasteiger partial charge on any atom is -0.352 e. The van der Waals surface area contributed by atoms with Gasteiger partial charge in [-0.3, -0.25) is 9.10 Å². The first-order valence-electron chi connectivity index (χ1n) is 8.48. The summed E-state index contributed by atoms with van der Waals surface area (Å²) in [6.07, 6.45) is 3.38. The van der Waals surface area contributed by atoms with Crippen molar-refractivity contribution in [3.05, 3.63) is 29.3 Å². The van der Waals surface area contributed by atoms with Gasteiger partial charge in [-0.2, -0.15) is 0 Å². The summed E-state index contributed by atoms with van der Waals surface area (Å²) < 4.78 is 26.0. The average Bonchev–Trinajstić information content (AvgIpc) is 2.46. The van der Waals surface area contributed by atoms with Crippen molar-refractivity contribution >= 4 is 21.6 Å². The van der Waals surface area contributed by atoms with E-state index in [4.69, 9.17) is 0 Å². The van der Waals surface area contributed by atoms with Crippen LogP contribution in [-0.2, 0) is 14.8 Å². The molecule has 136 valence electrons. The Morgan fingerprint density at radius 2 is 1.83 bits per heavy atom. The van der Waals surface area contributed by atoms with Crippen LogP contribution in [-0.4, -0.2) is 32.7 Å². The highest BCUT2D eigenvalue weighted by Gasteiger charge is 2.32. The van der Waals surface area contributed by atoms with Crippen LogP contribution in [0.3, 0.4) is 0 Å². The van der Waals surface area contributed by atoms with Crippen molar-refractivity contribution in [2.45, 2.75) is 66.0 Å². The first kappa shape index (κ1) is 20.5. The molecule has 6 heteroatoms. The van der Waals surface area contributed by atoms with Gasteiger partial charge < -0.3 is 5.32 Å². The summed E-state index contributed by atoms with van der Waals surface area (Å²) in [6, 6.07) is 4.74. The van der Waals surface area contributed by atoms with E-state index >= 15 is 0 Å². The van der Waals surface area contributed by atoms with Crippen LogP contribution in [0.1, 0.15) is 51.2 Å². The van der Waals surface area contributed by atoms with E-state index < -0.39 is 16.1 Å². The summed E-state index contributed by atoms with van der Waals surface area (Å²) >= 11 is 0. The van der Waals surface area contributed by atoms with Crippen LogP contribution in [0, 0.1) is 13.8 Å². The number of amides is 1. The van der Waals surface area contributed by atoms with Crippen LogP contribution in [0.5, 0.6) is 0 Å². The molecule has 0 aromatic heterocycles. The van der Waals surface area contributed by atoms with Crippen molar-refractivity contribution in [1.82, 2.24) is 5.32 Å². The second-order valence-electron chi connectivity index (χ2n) is 6.45. The molecule has 1 rings (SSSR count). The van der Waals surface area contributed by atoms with E-state index in [0.29, 0.717) is 12.1 Å². The lowest BCUT2D eigenvalue weighted by atomic mass is 10.1. The van der Waals surface area contributed by atoms with Crippen molar-refractivity contribution in [3.8, 4) is 0 Å². The van der Waals surface area contributed by atoms with E-state index in [-0.39, 0.29) is 11.9 Å². The molecule has 1 amide bonds. The summed E-state index contributed by atoms with van der Waals surface area (Å²) in [4.78, 5) is 12.7. The third kappa shape index (κ3) is 5.23. The Balaban J connectivity index is 3.22. The summed E-state index contributed by atoms with van der Waals surface area (Å²) in [5, 5.41) is 2.94. The highest BCUT2D eigenvalue weighted by Crippen LogP contribution is 2.25. The smallest absolute Gasteiger partial charge is 0.244 e. The first-order valence-corrected chi connectivity index (χ1v) is 10.3. The fourth-order valence-corrected chi connectivity index (χ4v) is 3.97. The fraction of sp³-hybridized carbons (Fsp3) is 0.611. The van der Waals surface area contributed by atoms with Crippen molar-refractivity contribution < 1.29 is 13.2 Å². The number of hydrogen-bond acceptors (Lipinski definition) is 3. The van der Waals surface area contributed by atoms with Crippen LogP contribution in [0.2, 0.25) is 0 Å². The molecule has 0 bridgehead atoms. The number of nitrogens with zero attached hydrogens (tertiary/aromatic N) is 1. The third-order valence-electron chi connectivity index (χ3n) is 4.19. The minimum atomic E-state index is -3.58. The van der Waals surface area contributed by atoms with Gasteiger partial charge >= 0.3 is 0 Å². The van der Waals surface area contributed by atoms with Crippen LogP contribution < -0.4 is 9.62 Å². The van der Waals surface area contributed by atoms with Gasteiger partial charge in [0.1, 0.15) is 6.04 Å². The lowest BCUT2D eigenvalue weighted by Crippen LogP contribution is -2.51. The Hall–Kier alpha value is -1.56. The topological polar surface area (TPSA) is 66.5 Å². The molecular weight excluding hydrogens is 324 g/mol. The number of benzene rings is 1. The van der Waals surface area contributed by atoms with Gasteiger partial charge in [-0.1, -0.05) is 26.3 Å². The molecule has 24 heavy (non-hydrogen) atoms. The predicted octanol–water partition coefficient (Wildman–Crippen LogP) is 3.15. The molecule has 2 atom stereocenters. The van der Waals surface area contributed by atoms with Gasteiger partial charge in [0.25, 0.3) is 0 Å².